The van der Waals surface area contributed by atoms with Crippen LogP contribution in [0.5, 0.6) is 0 Å². The first-order chi connectivity index (χ1) is 17.2. The van der Waals surface area contributed by atoms with E-state index < -0.39 is 46.0 Å². The van der Waals surface area contributed by atoms with Crippen LogP contribution in [0.3, 0.4) is 0 Å². The monoisotopic (exact) mass is 494 g/mol. The van der Waals surface area contributed by atoms with Crippen molar-refractivity contribution in [3.8, 4) is 33.4 Å². The maximum atomic E-state index is 15.0. The van der Waals surface area contributed by atoms with Crippen LogP contribution in [0.4, 0.5) is 37.7 Å². The quantitative estimate of drug-likeness (QED) is 0.153. The van der Waals surface area contributed by atoms with Gasteiger partial charge in [-0.2, -0.15) is 0 Å². The fourth-order valence-corrected chi connectivity index (χ4v) is 4.42. The van der Waals surface area contributed by atoms with Crippen LogP contribution < -0.4 is 11.5 Å². The summed E-state index contributed by atoms with van der Waals surface area (Å²) < 4.78 is 85.6. The first kappa shape index (κ1) is 23.3. The van der Waals surface area contributed by atoms with Crippen molar-refractivity contribution in [3.05, 3.63) is 108 Å². The lowest BCUT2D eigenvalue weighted by Crippen LogP contribution is -2.05. The molecule has 0 atom stereocenters. The first-order valence-electron chi connectivity index (χ1n) is 10.7. The Labute approximate surface area is 201 Å². The highest BCUT2D eigenvalue weighted by Crippen LogP contribution is 2.48. The highest BCUT2D eigenvalue weighted by Gasteiger charge is 2.26. The normalized spacial score (nSPS) is 11.3. The molecule has 5 aromatic rings. The average molecular weight is 494 g/mol. The van der Waals surface area contributed by atoms with E-state index in [9.17, 15) is 22.0 Å². The van der Waals surface area contributed by atoms with Crippen LogP contribution in [0, 0.1) is 34.9 Å². The summed E-state index contributed by atoms with van der Waals surface area (Å²) in [5.41, 5.74) is 12.0. The first-order valence-corrected chi connectivity index (χ1v) is 10.7. The largest absolute Gasteiger partial charge is 0.398 e. The summed E-state index contributed by atoms with van der Waals surface area (Å²) in [4.78, 5) is 0. The van der Waals surface area contributed by atoms with Crippen molar-refractivity contribution in [1.82, 2.24) is 0 Å². The van der Waals surface area contributed by atoms with E-state index in [0.717, 1.165) is 22.9 Å². The van der Waals surface area contributed by atoms with E-state index in [1.54, 1.807) is 18.2 Å². The number of nitrogen functional groups attached to an aromatic ring is 2. The topological polar surface area (TPSA) is 52.0 Å². The molecule has 0 aliphatic carbocycles. The molecular formula is C28H16F6N2. The van der Waals surface area contributed by atoms with Crippen molar-refractivity contribution < 1.29 is 26.3 Å². The van der Waals surface area contributed by atoms with Crippen LogP contribution in [0.15, 0.2) is 72.8 Å². The summed E-state index contributed by atoms with van der Waals surface area (Å²) in [6.45, 7) is 0. The van der Waals surface area contributed by atoms with E-state index in [2.05, 4.69) is 0 Å². The lowest BCUT2D eigenvalue weighted by atomic mass is 9.86. The van der Waals surface area contributed by atoms with Crippen LogP contribution in [0.25, 0.3) is 44.2 Å². The van der Waals surface area contributed by atoms with E-state index >= 15 is 4.39 Å². The van der Waals surface area contributed by atoms with Gasteiger partial charge in [-0.25, -0.2) is 26.3 Å². The molecule has 0 radical (unpaired) electrons. The van der Waals surface area contributed by atoms with E-state index in [-0.39, 0.29) is 28.1 Å². The summed E-state index contributed by atoms with van der Waals surface area (Å²) in [5, 5.41) is 1.58. The van der Waals surface area contributed by atoms with Gasteiger partial charge in [-0.15, -0.1) is 0 Å². The van der Waals surface area contributed by atoms with Crippen molar-refractivity contribution in [2.75, 3.05) is 11.5 Å². The fourth-order valence-electron chi connectivity index (χ4n) is 4.42. The van der Waals surface area contributed by atoms with Gasteiger partial charge in [0.1, 0.15) is 0 Å². The van der Waals surface area contributed by atoms with Crippen LogP contribution in [-0.4, -0.2) is 0 Å². The van der Waals surface area contributed by atoms with Gasteiger partial charge in [0.2, 0.25) is 0 Å². The molecule has 180 valence electrons. The van der Waals surface area contributed by atoms with Crippen molar-refractivity contribution >= 4 is 22.1 Å². The zero-order chi connectivity index (χ0) is 25.7. The van der Waals surface area contributed by atoms with Gasteiger partial charge in [0.25, 0.3) is 0 Å². The molecule has 0 saturated carbocycles. The Morgan fingerprint density at radius 1 is 0.472 bits per heavy atom. The molecule has 8 heteroatoms. The SMILES string of the molecule is Nc1cc(-c2ccc(F)c(F)c2F)c(-c2ccc(F)c(F)c2F)c(N)c1-c1cccc2ccccc12. The molecule has 0 spiro atoms. The number of rotatable bonds is 3. The Morgan fingerprint density at radius 2 is 1.06 bits per heavy atom. The second-order valence-corrected chi connectivity index (χ2v) is 8.15. The molecule has 0 unspecified atom stereocenters. The standard InChI is InChI=1S/C28H16F6N2/c29-19-10-8-16(24(31)26(19)33)18-12-21(35)23(15-7-3-5-13-4-1-2-6-14(13)15)28(36)22(18)17-9-11-20(30)27(34)25(17)32/h1-12H,35-36H2. The highest BCUT2D eigenvalue weighted by molar-refractivity contribution is 6.08. The third-order valence-electron chi connectivity index (χ3n) is 6.09. The Morgan fingerprint density at radius 3 is 1.75 bits per heavy atom. The molecule has 36 heavy (non-hydrogen) atoms. The second-order valence-electron chi connectivity index (χ2n) is 8.15. The van der Waals surface area contributed by atoms with E-state index in [1.165, 1.54) is 6.07 Å². The predicted molar refractivity (Wildman–Crippen MR) is 129 cm³/mol. The molecule has 5 aromatic carbocycles. The third kappa shape index (κ3) is 3.53. The third-order valence-corrected chi connectivity index (χ3v) is 6.09. The van der Waals surface area contributed by atoms with Crippen molar-refractivity contribution in [1.29, 1.82) is 0 Å². The molecule has 5 rings (SSSR count). The summed E-state index contributed by atoms with van der Waals surface area (Å²) in [6.07, 6.45) is 0. The van der Waals surface area contributed by atoms with Crippen molar-refractivity contribution in [2.45, 2.75) is 0 Å². The molecule has 4 N–H and O–H groups in total. The lowest BCUT2D eigenvalue weighted by molar-refractivity contribution is 0.448. The number of fused-ring (bicyclic) bond motifs is 1. The minimum absolute atomic E-state index is 0.0229. The van der Waals surface area contributed by atoms with Gasteiger partial charge in [-0.3, -0.25) is 0 Å². The Balaban J connectivity index is 1.93. The number of benzene rings is 5. The molecule has 0 fully saturated rings. The van der Waals surface area contributed by atoms with E-state index in [4.69, 9.17) is 11.5 Å². The van der Waals surface area contributed by atoms with Gasteiger partial charge in [0, 0.05) is 27.9 Å². The number of hydrogen-bond donors (Lipinski definition) is 2. The molecule has 0 heterocycles. The number of anilines is 2. The lowest BCUT2D eigenvalue weighted by Gasteiger charge is -2.21. The Bertz CT molecular complexity index is 1670. The van der Waals surface area contributed by atoms with Crippen LogP contribution >= 0.6 is 0 Å². The van der Waals surface area contributed by atoms with E-state index in [1.807, 2.05) is 24.3 Å². The molecule has 0 aliphatic heterocycles. The molecule has 0 saturated heterocycles. The van der Waals surface area contributed by atoms with Gasteiger partial charge in [-0.1, -0.05) is 42.5 Å². The maximum Gasteiger partial charge on any atom is 0.195 e. The maximum absolute atomic E-state index is 15.0. The highest BCUT2D eigenvalue weighted by atomic mass is 19.2. The molecule has 0 amide bonds. The number of nitrogens with two attached hydrogens (primary N) is 2. The van der Waals surface area contributed by atoms with Gasteiger partial charge < -0.3 is 11.5 Å². The predicted octanol–water partition coefficient (Wildman–Crippen LogP) is 7.84. The molecular weight excluding hydrogens is 478 g/mol. The smallest absolute Gasteiger partial charge is 0.195 e. The van der Waals surface area contributed by atoms with Crippen LogP contribution in [0.1, 0.15) is 0 Å². The molecule has 2 nitrogen and oxygen atoms in total. The fraction of sp³-hybridized carbons (Fsp3) is 0. The molecule has 0 bridgehead atoms. The van der Waals surface area contributed by atoms with E-state index in [0.29, 0.717) is 17.7 Å². The molecule has 0 aliphatic rings. The Hall–Kier alpha value is -4.46. The summed E-state index contributed by atoms with van der Waals surface area (Å²) in [5.74, 6) is -9.58. The van der Waals surface area contributed by atoms with Crippen molar-refractivity contribution in [2.24, 2.45) is 0 Å². The van der Waals surface area contributed by atoms with Gasteiger partial charge >= 0.3 is 0 Å². The van der Waals surface area contributed by atoms with Crippen LogP contribution in [0.2, 0.25) is 0 Å². The van der Waals surface area contributed by atoms with Crippen molar-refractivity contribution in [3.63, 3.8) is 0 Å². The molecule has 0 aromatic heterocycles. The second kappa shape index (κ2) is 8.64. The summed E-state index contributed by atoms with van der Waals surface area (Å²) in [7, 11) is 0. The Kier molecular flexibility index (Phi) is 5.59. The summed E-state index contributed by atoms with van der Waals surface area (Å²) >= 11 is 0. The van der Waals surface area contributed by atoms with Crippen LogP contribution in [-0.2, 0) is 0 Å². The van der Waals surface area contributed by atoms with Gasteiger partial charge in [-0.05, 0) is 52.2 Å². The number of hydrogen-bond acceptors (Lipinski definition) is 2. The van der Waals surface area contributed by atoms with Gasteiger partial charge in [0.05, 0.1) is 5.69 Å². The minimum Gasteiger partial charge on any atom is -0.398 e. The average Bonchev–Trinajstić information content (AvgIpc) is 2.87. The summed E-state index contributed by atoms with van der Waals surface area (Å²) in [6, 6.07) is 17.1. The number of halogens is 6. The zero-order valence-electron chi connectivity index (χ0n) is 18.4. The minimum atomic E-state index is -1.77. The zero-order valence-corrected chi connectivity index (χ0v) is 18.4. The van der Waals surface area contributed by atoms with Gasteiger partial charge in [0.15, 0.2) is 34.9 Å².